The van der Waals surface area contributed by atoms with Crippen molar-refractivity contribution in [2.75, 3.05) is 43.3 Å². The van der Waals surface area contributed by atoms with Crippen LogP contribution < -0.4 is 9.62 Å². The molecule has 0 radical (unpaired) electrons. The number of carbonyl (C=O) groups excluding carboxylic acids is 1. The summed E-state index contributed by atoms with van der Waals surface area (Å²) in [6.07, 6.45) is 6.72. The molecule has 1 amide bonds. The van der Waals surface area contributed by atoms with Gasteiger partial charge < -0.3 is 10.2 Å². The summed E-state index contributed by atoms with van der Waals surface area (Å²) in [5.74, 6) is -0.437. The SMILES string of the molecule is CS(=O)(=O)N(CC(=O)NCCCN1CCCCCC1)c1cccc([N+](=O)[O-])c1. The third-order valence-electron chi connectivity index (χ3n) is 4.69. The minimum absolute atomic E-state index is 0.0939. The minimum atomic E-state index is -3.77. The quantitative estimate of drug-likeness (QED) is 0.376. The first kappa shape index (κ1) is 22.1. The highest BCUT2D eigenvalue weighted by molar-refractivity contribution is 7.92. The van der Waals surface area contributed by atoms with Gasteiger partial charge in [-0.25, -0.2) is 8.42 Å². The van der Waals surface area contributed by atoms with Gasteiger partial charge in [0.25, 0.3) is 5.69 Å². The Balaban J connectivity index is 1.89. The van der Waals surface area contributed by atoms with Crippen LogP contribution in [0.1, 0.15) is 32.1 Å². The lowest BCUT2D eigenvalue weighted by Gasteiger charge is -2.22. The van der Waals surface area contributed by atoms with Crippen molar-refractivity contribution in [2.45, 2.75) is 32.1 Å². The summed E-state index contributed by atoms with van der Waals surface area (Å²) in [5.41, 5.74) is -0.138. The number of nitro benzene ring substituents is 1. The average Bonchev–Trinajstić information content (AvgIpc) is 2.91. The number of hydrogen-bond donors (Lipinski definition) is 1. The molecule has 0 aliphatic carbocycles. The van der Waals surface area contributed by atoms with E-state index >= 15 is 0 Å². The molecule has 1 aliphatic rings. The van der Waals surface area contributed by atoms with Gasteiger partial charge in [-0.2, -0.15) is 0 Å². The van der Waals surface area contributed by atoms with E-state index in [0.29, 0.717) is 6.54 Å². The lowest BCUT2D eigenvalue weighted by Crippen LogP contribution is -2.41. The molecule has 1 heterocycles. The lowest BCUT2D eigenvalue weighted by atomic mass is 10.2. The first-order valence-corrected chi connectivity index (χ1v) is 11.3. The van der Waals surface area contributed by atoms with Gasteiger partial charge in [-0.05, 0) is 45.0 Å². The highest BCUT2D eigenvalue weighted by Gasteiger charge is 2.22. The van der Waals surface area contributed by atoms with E-state index in [-0.39, 0.29) is 11.4 Å². The second-order valence-electron chi connectivity index (χ2n) is 7.01. The molecular formula is C18H28N4O5S. The van der Waals surface area contributed by atoms with Crippen LogP contribution in [0.2, 0.25) is 0 Å². The fourth-order valence-corrected chi connectivity index (χ4v) is 4.09. The molecule has 1 aromatic carbocycles. The number of benzene rings is 1. The molecule has 1 aliphatic heterocycles. The van der Waals surface area contributed by atoms with Crippen molar-refractivity contribution in [2.24, 2.45) is 0 Å². The zero-order chi connectivity index (χ0) is 20.6. The Morgan fingerprint density at radius 1 is 1.25 bits per heavy atom. The van der Waals surface area contributed by atoms with Crippen LogP contribution in [0.4, 0.5) is 11.4 Å². The number of nitrogens with zero attached hydrogens (tertiary/aromatic N) is 3. The highest BCUT2D eigenvalue weighted by atomic mass is 32.2. The van der Waals surface area contributed by atoms with Crippen molar-refractivity contribution in [3.05, 3.63) is 34.4 Å². The lowest BCUT2D eigenvalue weighted by molar-refractivity contribution is -0.384. The van der Waals surface area contributed by atoms with Crippen LogP contribution in [0, 0.1) is 10.1 Å². The highest BCUT2D eigenvalue weighted by Crippen LogP contribution is 2.22. The Kier molecular flexibility index (Phi) is 8.18. The van der Waals surface area contributed by atoms with Crippen LogP contribution in [-0.2, 0) is 14.8 Å². The maximum Gasteiger partial charge on any atom is 0.271 e. The van der Waals surface area contributed by atoms with E-state index in [1.165, 1.54) is 43.9 Å². The molecule has 156 valence electrons. The summed E-state index contributed by atoms with van der Waals surface area (Å²) in [7, 11) is -3.77. The third kappa shape index (κ3) is 7.08. The number of likely N-dealkylation sites (tertiary alicyclic amines) is 1. The van der Waals surface area contributed by atoms with Crippen molar-refractivity contribution in [1.29, 1.82) is 0 Å². The van der Waals surface area contributed by atoms with Gasteiger partial charge in [0.1, 0.15) is 6.54 Å². The van der Waals surface area contributed by atoms with Crippen LogP contribution in [-0.4, -0.2) is 63.1 Å². The molecule has 0 saturated carbocycles. The number of nitrogens with one attached hydrogen (secondary N) is 1. The van der Waals surface area contributed by atoms with Crippen LogP contribution in [0.5, 0.6) is 0 Å². The summed E-state index contributed by atoms with van der Waals surface area (Å²) < 4.78 is 25.1. The second-order valence-corrected chi connectivity index (χ2v) is 8.91. The summed E-state index contributed by atoms with van der Waals surface area (Å²) in [6, 6.07) is 5.24. The van der Waals surface area contributed by atoms with Gasteiger partial charge in [0, 0.05) is 18.7 Å². The Hall–Kier alpha value is -2.20. The number of non-ortho nitro benzene ring substituents is 1. The van der Waals surface area contributed by atoms with Crippen molar-refractivity contribution < 1.29 is 18.1 Å². The summed E-state index contributed by atoms with van der Waals surface area (Å²) in [6.45, 7) is 3.12. The number of sulfonamides is 1. The molecule has 0 atom stereocenters. The zero-order valence-electron chi connectivity index (χ0n) is 16.2. The number of carbonyl (C=O) groups is 1. The van der Waals surface area contributed by atoms with Gasteiger partial charge in [-0.1, -0.05) is 18.9 Å². The largest absolute Gasteiger partial charge is 0.354 e. The van der Waals surface area contributed by atoms with Gasteiger partial charge in [0.2, 0.25) is 15.9 Å². The summed E-state index contributed by atoms with van der Waals surface area (Å²) in [4.78, 5) is 25.0. The van der Waals surface area contributed by atoms with E-state index in [2.05, 4.69) is 10.2 Å². The fraction of sp³-hybridized carbons (Fsp3) is 0.611. The van der Waals surface area contributed by atoms with E-state index in [1.54, 1.807) is 0 Å². The van der Waals surface area contributed by atoms with Crippen LogP contribution in [0.25, 0.3) is 0 Å². The van der Waals surface area contributed by atoms with Crippen molar-refractivity contribution in [3.63, 3.8) is 0 Å². The van der Waals surface area contributed by atoms with Crippen molar-refractivity contribution in [3.8, 4) is 0 Å². The Labute approximate surface area is 165 Å². The topological polar surface area (TPSA) is 113 Å². The predicted molar refractivity (Wildman–Crippen MR) is 108 cm³/mol. The second kappa shape index (κ2) is 10.4. The number of amides is 1. The van der Waals surface area contributed by atoms with Crippen LogP contribution >= 0.6 is 0 Å². The molecule has 9 nitrogen and oxygen atoms in total. The van der Waals surface area contributed by atoms with Gasteiger partial charge in [0.15, 0.2) is 0 Å². The van der Waals surface area contributed by atoms with E-state index in [4.69, 9.17) is 0 Å². The monoisotopic (exact) mass is 412 g/mol. The fourth-order valence-electron chi connectivity index (χ4n) is 3.24. The van der Waals surface area contributed by atoms with Gasteiger partial charge in [-0.15, -0.1) is 0 Å². The average molecular weight is 413 g/mol. The van der Waals surface area contributed by atoms with Crippen molar-refractivity contribution >= 4 is 27.3 Å². The number of nitro groups is 1. The summed E-state index contributed by atoms with van der Waals surface area (Å²) in [5, 5.41) is 13.7. The first-order chi connectivity index (χ1) is 13.3. The first-order valence-electron chi connectivity index (χ1n) is 9.48. The molecule has 2 rings (SSSR count). The van der Waals surface area contributed by atoms with Gasteiger partial charge >= 0.3 is 0 Å². The third-order valence-corrected chi connectivity index (χ3v) is 5.83. The molecular weight excluding hydrogens is 384 g/mol. The maximum atomic E-state index is 12.2. The Morgan fingerprint density at radius 3 is 2.54 bits per heavy atom. The molecule has 1 fully saturated rings. The van der Waals surface area contributed by atoms with Crippen LogP contribution in [0.15, 0.2) is 24.3 Å². The van der Waals surface area contributed by atoms with E-state index in [9.17, 15) is 23.3 Å². The van der Waals surface area contributed by atoms with E-state index in [1.807, 2.05) is 0 Å². The zero-order valence-corrected chi connectivity index (χ0v) is 17.0. The standard InChI is InChI=1S/C18H28N4O5S/c1-28(26,27)21(16-8-6-9-17(14-16)22(24)25)15-18(23)19-10-7-13-20-11-4-2-3-5-12-20/h6,8-9,14H,2-5,7,10-13,15H2,1H3,(H,19,23). The molecule has 10 heteroatoms. The Morgan fingerprint density at radius 2 is 1.93 bits per heavy atom. The number of anilines is 1. The predicted octanol–water partition coefficient (Wildman–Crippen LogP) is 1.74. The Bertz CT molecular complexity index is 776. The molecule has 0 spiro atoms. The molecule has 1 N–H and O–H groups in total. The van der Waals surface area contributed by atoms with Crippen LogP contribution in [0.3, 0.4) is 0 Å². The van der Waals surface area contributed by atoms with Crippen molar-refractivity contribution in [1.82, 2.24) is 10.2 Å². The van der Waals surface area contributed by atoms with Gasteiger partial charge in [-0.3, -0.25) is 19.2 Å². The number of rotatable bonds is 9. The number of hydrogen-bond acceptors (Lipinski definition) is 6. The normalized spacial score (nSPS) is 15.6. The van der Waals surface area contributed by atoms with Gasteiger partial charge in [0.05, 0.1) is 16.9 Å². The molecule has 1 aromatic rings. The molecule has 28 heavy (non-hydrogen) atoms. The summed E-state index contributed by atoms with van der Waals surface area (Å²) >= 11 is 0. The molecule has 0 unspecified atom stereocenters. The molecule has 0 aromatic heterocycles. The maximum absolute atomic E-state index is 12.2. The van der Waals surface area contributed by atoms with E-state index in [0.717, 1.165) is 42.7 Å². The molecule has 0 bridgehead atoms. The molecule has 1 saturated heterocycles. The smallest absolute Gasteiger partial charge is 0.271 e. The minimum Gasteiger partial charge on any atom is -0.354 e. The van der Waals surface area contributed by atoms with E-state index < -0.39 is 27.4 Å².